The second-order valence-electron chi connectivity index (χ2n) is 7.65. The third-order valence-electron chi connectivity index (χ3n) is 5.28. The molecule has 8 heteroatoms. The van der Waals surface area contributed by atoms with Gasteiger partial charge in [0.25, 0.3) is 5.91 Å². The Labute approximate surface area is 213 Å². The van der Waals surface area contributed by atoms with Gasteiger partial charge >= 0.3 is 0 Å². The number of carbonyl (C=O) groups is 2. The van der Waals surface area contributed by atoms with E-state index in [9.17, 15) is 14.9 Å². The van der Waals surface area contributed by atoms with E-state index < -0.39 is 11.2 Å². The van der Waals surface area contributed by atoms with E-state index in [1.165, 1.54) is 16.7 Å². The van der Waals surface area contributed by atoms with Crippen LogP contribution in [0.5, 0.6) is 5.75 Å². The van der Waals surface area contributed by atoms with E-state index in [-0.39, 0.29) is 11.5 Å². The molecule has 0 aromatic heterocycles. The van der Waals surface area contributed by atoms with Gasteiger partial charge in [-0.15, -0.1) is 0 Å². The molecule has 0 saturated carbocycles. The number of thioether (sulfide) groups is 1. The van der Waals surface area contributed by atoms with Crippen molar-refractivity contribution in [2.24, 2.45) is 0 Å². The second-order valence-corrected chi connectivity index (χ2v) is 9.28. The van der Waals surface area contributed by atoms with Crippen molar-refractivity contribution in [3.05, 3.63) is 100 Å². The van der Waals surface area contributed by atoms with Crippen molar-refractivity contribution in [1.82, 2.24) is 0 Å². The van der Waals surface area contributed by atoms with Crippen LogP contribution in [-0.2, 0) is 16.0 Å². The second kappa shape index (κ2) is 11.1. The van der Waals surface area contributed by atoms with Crippen molar-refractivity contribution >= 4 is 46.6 Å². The van der Waals surface area contributed by atoms with Crippen LogP contribution in [0.15, 0.2) is 89.5 Å². The molecule has 1 saturated heterocycles. The molecule has 35 heavy (non-hydrogen) atoms. The average molecular weight is 504 g/mol. The zero-order chi connectivity index (χ0) is 24.8. The minimum absolute atomic E-state index is 0.128. The number of nitrogens with zero attached hydrogens (tertiary/aromatic N) is 2. The molecule has 1 aliphatic heterocycles. The van der Waals surface area contributed by atoms with E-state index in [2.05, 4.69) is 5.32 Å². The molecule has 1 aliphatic rings. The first-order chi connectivity index (χ1) is 17.0. The van der Waals surface area contributed by atoms with Crippen molar-refractivity contribution in [2.75, 3.05) is 16.8 Å². The molecule has 0 radical (unpaired) electrons. The van der Waals surface area contributed by atoms with Gasteiger partial charge in [-0.05, 0) is 67.4 Å². The SMILES string of the molecule is CCOc1ccc(C[C@H]2S/C(=C(/C#N)C(=O)Nc3ccc(Cl)cc3)N(c3ccccc3)C2=O)cc1. The standard InChI is InChI=1S/C27H22ClN3O3S/c1-2-34-22-14-8-18(9-15-22)16-24-26(33)31(21-6-4-3-5-7-21)27(35-24)23(17-29)25(32)30-20-12-10-19(28)11-13-20/h3-15,24H,2,16H2,1H3,(H,30,32)/b27-23-/t24-/m1/s1. The first kappa shape index (κ1) is 24.4. The summed E-state index contributed by atoms with van der Waals surface area (Å²) in [5, 5.41) is 13.0. The predicted octanol–water partition coefficient (Wildman–Crippen LogP) is 5.80. The molecule has 6 nitrogen and oxygen atoms in total. The lowest BCUT2D eigenvalue weighted by molar-refractivity contribution is -0.117. The number of ether oxygens (including phenoxy) is 1. The molecule has 3 aromatic rings. The van der Waals surface area contributed by atoms with Crippen LogP contribution >= 0.6 is 23.4 Å². The molecular formula is C27H22ClN3O3S. The lowest BCUT2D eigenvalue weighted by Gasteiger charge is -2.18. The Morgan fingerprint density at radius 3 is 2.40 bits per heavy atom. The summed E-state index contributed by atoms with van der Waals surface area (Å²) in [5.74, 6) is -0.0105. The van der Waals surface area contributed by atoms with E-state index in [4.69, 9.17) is 16.3 Å². The highest BCUT2D eigenvalue weighted by Crippen LogP contribution is 2.42. The van der Waals surface area contributed by atoms with Crippen LogP contribution in [0.25, 0.3) is 0 Å². The first-order valence-corrected chi connectivity index (χ1v) is 12.2. The Bertz CT molecular complexity index is 1290. The molecule has 1 atom stereocenters. The minimum Gasteiger partial charge on any atom is -0.494 e. The monoisotopic (exact) mass is 503 g/mol. The number of para-hydroxylation sites is 1. The van der Waals surface area contributed by atoms with Gasteiger partial charge in [0.15, 0.2) is 0 Å². The number of anilines is 2. The molecule has 176 valence electrons. The molecule has 0 spiro atoms. The van der Waals surface area contributed by atoms with Crippen LogP contribution in [0.1, 0.15) is 12.5 Å². The zero-order valence-corrected chi connectivity index (χ0v) is 20.5. The summed E-state index contributed by atoms with van der Waals surface area (Å²) in [4.78, 5) is 28.1. The highest BCUT2D eigenvalue weighted by Gasteiger charge is 2.40. The van der Waals surface area contributed by atoms with Crippen molar-refractivity contribution in [3.8, 4) is 11.8 Å². The minimum atomic E-state index is -0.590. The van der Waals surface area contributed by atoms with Crippen molar-refractivity contribution in [2.45, 2.75) is 18.6 Å². The Morgan fingerprint density at radius 1 is 1.09 bits per heavy atom. The molecule has 1 heterocycles. The van der Waals surface area contributed by atoms with Crippen molar-refractivity contribution in [3.63, 3.8) is 0 Å². The number of hydrogen-bond donors (Lipinski definition) is 1. The molecule has 1 fully saturated rings. The third kappa shape index (κ3) is 5.68. The average Bonchev–Trinajstić information content (AvgIpc) is 3.18. The zero-order valence-electron chi connectivity index (χ0n) is 18.9. The lowest BCUT2D eigenvalue weighted by Crippen LogP contribution is -2.30. The lowest BCUT2D eigenvalue weighted by atomic mass is 10.1. The Morgan fingerprint density at radius 2 is 1.77 bits per heavy atom. The molecule has 3 aromatic carbocycles. The van der Waals surface area contributed by atoms with Gasteiger partial charge in [0.1, 0.15) is 22.4 Å². The quantitative estimate of drug-likeness (QED) is 0.325. The topological polar surface area (TPSA) is 82.4 Å². The molecule has 2 amide bonds. The van der Waals surface area contributed by atoms with Gasteiger partial charge in [-0.3, -0.25) is 14.5 Å². The van der Waals surface area contributed by atoms with Crippen molar-refractivity contribution < 1.29 is 14.3 Å². The van der Waals surface area contributed by atoms with Crippen LogP contribution in [0.2, 0.25) is 5.02 Å². The Kier molecular flexibility index (Phi) is 7.76. The number of benzene rings is 3. The van der Waals surface area contributed by atoms with Crippen LogP contribution in [0.3, 0.4) is 0 Å². The Hall–Kier alpha value is -3.73. The Balaban J connectivity index is 1.66. The normalized spacial score (nSPS) is 16.5. The van der Waals surface area contributed by atoms with E-state index in [0.717, 1.165) is 11.3 Å². The van der Waals surface area contributed by atoms with E-state index >= 15 is 0 Å². The number of nitriles is 1. The van der Waals surface area contributed by atoms with E-state index in [1.54, 1.807) is 36.4 Å². The fourth-order valence-corrected chi connectivity index (χ4v) is 5.06. The first-order valence-electron chi connectivity index (χ1n) is 11.0. The van der Waals surface area contributed by atoms with Gasteiger partial charge in [0.05, 0.1) is 11.9 Å². The number of amides is 2. The summed E-state index contributed by atoms with van der Waals surface area (Å²) >= 11 is 7.15. The summed E-state index contributed by atoms with van der Waals surface area (Å²) in [6.45, 7) is 2.50. The maximum atomic E-state index is 13.5. The smallest absolute Gasteiger partial charge is 0.269 e. The van der Waals surface area contributed by atoms with Gasteiger partial charge in [-0.1, -0.05) is 53.7 Å². The molecular weight excluding hydrogens is 482 g/mol. The van der Waals surface area contributed by atoms with Crippen LogP contribution in [0, 0.1) is 11.3 Å². The highest BCUT2D eigenvalue weighted by atomic mass is 35.5. The number of carbonyl (C=O) groups excluding carboxylic acids is 2. The maximum Gasteiger partial charge on any atom is 0.269 e. The maximum absolute atomic E-state index is 13.5. The largest absolute Gasteiger partial charge is 0.494 e. The highest BCUT2D eigenvalue weighted by molar-refractivity contribution is 8.05. The summed E-state index contributed by atoms with van der Waals surface area (Å²) in [6.07, 6.45) is 0.445. The van der Waals surface area contributed by atoms with Gasteiger partial charge in [-0.25, -0.2) is 0 Å². The predicted molar refractivity (Wildman–Crippen MR) is 139 cm³/mol. The van der Waals surface area contributed by atoms with Gasteiger partial charge in [-0.2, -0.15) is 5.26 Å². The van der Waals surface area contributed by atoms with E-state index in [1.807, 2.05) is 55.5 Å². The summed E-state index contributed by atoms with van der Waals surface area (Å²) in [6, 6.07) is 25.2. The number of halogens is 1. The summed E-state index contributed by atoms with van der Waals surface area (Å²) < 4.78 is 5.50. The third-order valence-corrected chi connectivity index (χ3v) is 6.79. The summed E-state index contributed by atoms with van der Waals surface area (Å²) in [5.41, 5.74) is 1.93. The molecule has 0 aliphatic carbocycles. The van der Waals surface area contributed by atoms with Gasteiger partial charge in [0, 0.05) is 16.4 Å². The number of nitrogens with one attached hydrogen (secondary N) is 1. The van der Waals surface area contributed by atoms with Crippen molar-refractivity contribution in [1.29, 1.82) is 5.26 Å². The van der Waals surface area contributed by atoms with Gasteiger partial charge < -0.3 is 10.1 Å². The molecule has 0 bridgehead atoms. The van der Waals surface area contributed by atoms with Crippen LogP contribution in [0.4, 0.5) is 11.4 Å². The van der Waals surface area contributed by atoms with E-state index in [0.29, 0.717) is 34.5 Å². The number of hydrogen-bond acceptors (Lipinski definition) is 5. The molecule has 1 N–H and O–H groups in total. The fourth-order valence-electron chi connectivity index (χ4n) is 3.63. The van der Waals surface area contributed by atoms with Crippen LogP contribution < -0.4 is 15.0 Å². The fraction of sp³-hybridized carbons (Fsp3) is 0.148. The molecule has 0 unspecified atom stereocenters. The molecule has 4 rings (SSSR count). The van der Waals surface area contributed by atoms with Gasteiger partial charge in [0.2, 0.25) is 5.91 Å². The number of rotatable bonds is 7. The summed E-state index contributed by atoms with van der Waals surface area (Å²) in [7, 11) is 0. The van der Waals surface area contributed by atoms with Crippen LogP contribution in [-0.4, -0.2) is 23.7 Å².